The SMILES string of the molecule is CC(C)C(CO)C(c1ccccc1F)N(C)C. The number of nitrogens with zero attached hydrogens (tertiary/aromatic N) is 1. The van der Waals surface area contributed by atoms with E-state index in [1.165, 1.54) is 6.07 Å². The first kappa shape index (κ1) is 14.1. The highest BCUT2D eigenvalue weighted by molar-refractivity contribution is 5.22. The predicted molar refractivity (Wildman–Crippen MR) is 68.2 cm³/mol. The van der Waals surface area contributed by atoms with E-state index in [1.807, 2.05) is 25.1 Å². The molecule has 0 aliphatic heterocycles. The van der Waals surface area contributed by atoms with E-state index in [0.29, 0.717) is 11.5 Å². The molecule has 0 aliphatic carbocycles. The van der Waals surface area contributed by atoms with Gasteiger partial charge in [0, 0.05) is 24.1 Å². The van der Waals surface area contributed by atoms with Crippen LogP contribution in [0.2, 0.25) is 0 Å². The Morgan fingerprint density at radius 2 is 1.82 bits per heavy atom. The van der Waals surface area contributed by atoms with Crippen LogP contribution in [-0.2, 0) is 0 Å². The van der Waals surface area contributed by atoms with Crippen LogP contribution in [0.4, 0.5) is 4.39 Å². The van der Waals surface area contributed by atoms with Crippen LogP contribution in [0.15, 0.2) is 24.3 Å². The fourth-order valence-corrected chi connectivity index (χ4v) is 2.28. The Balaban J connectivity index is 3.13. The van der Waals surface area contributed by atoms with Crippen molar-refractivity contribution in [3.8, 4) is 0 Å². The van der Waals surface area contributed by atoms with Gasteiger partial charge in [-0.15, -0.1) is 0 Å². The summed E-state index contributed by atoms with van der Waals surface area (Å²) in [6, 6.07) is 6.70. The number of halogens is 1. The van der Waals surface area contributed by atoms with Crippen LogP contribution >= 0.6 is 0 Å². The molecular weight excluding hydrogens is 217 g/mol. The quantitative estimate of drug-likeness (QED) is 0.854. The average Bonchev–Trinajstić information content (AvgIpc) is 2.26. The second-order valence-corrected chi connectivity index (χ2v) is 5.02. The van der Waals surface area contributed by atoms with Gasteiger partial charge < -0.3 is 10.0 Å². The minimum absolute atomic E-state index is 0.0295. The molecule has 0 aromatic heterocycles. The molecule has 0 heterocycles. The lowest BCUT2D eigenvalue weighted by atomic mass is 9.84. The van der Waals surface area contributed by atoms with Crippen LogP contribution in [0, 0.1) is 17.7 Å². The number of aliphatic hydroxyl groups excluding tert-OH is 1. The zero-order valence-electron chi connectivity index (χ0n) is 11.0. The molecule has 0 aliphatic rings. The van der Waals surface area contributed by atoms with Gasteiger partial charge in [-0.25, -0.2) is 4.39 Å². The first-order chi connectivity index (χ1) is 7.99. The molecule has 0 radical (unpaired) electrons. The summed E-state index contributed by atoms with van der Waals surface area (Å²) in [5.74, 6) is 0.124. The third kappa shape index (κ3) is 3.27. The Labute approximate surface area is 103 Å². The van der Waals surface area contributed by atoms with Gasteiger partial charge in [0.25, 0.3) is 0 Å². The maximum Gasteiger partial charge on any atom is 0.127 e. The summed E-state index contributed by atoms with van der Waals surface area (Å²) in [6.45, 7) is 4.17. The maximum absolute atomic E-state index is 13.9. The van der Waals surface area contributed by atoms with Crippen molar-refractivity contribution >= 4 is 0 Å². The average molecular weight is 239 g/mol. The summed E-state index contributed by atoms with van der Waals surface area (Å²) in [7, 11) is 3.84. The van der Waals surface area contributed by atoms with Gasteiger partial charge in [0.2, 0.25) is 0 Å². The molecule has 2 nitrogen and oxygen atoms in total. The van der Waals surface area contributed by atoms with Gasteiger partial charge in [0.1, 0.15) is 5.82 Å². The topological polar surface area (TPSA) is 23.5 Å². The molecule has 2 unspecified atom stereocenters. The second kappa shape index (κ2) is 6.12. The third-order valence-corrected chi connectivity index (χ3v) is 3.25. The number of hydrogen-bond donors (Lipinski definition) is 1. The summed E-state index contributed by atoms with van der Waals surface area (Å²) in [5.41, 5.74) is 0.658. The van der Waals surface area contributed by atoms with Crippen molar-refractivity contribution in [3.63, 3.8) is 0 Å². The molecule has 0 saturated heterocycles. The monoisotopic (exact) mass is 239 g/mol. The number of benzene rings is 1. The fourth-order valence-electron chi connectivity index (χ4n) is 2.28. The van der Waals surface area contributed by atoms with Crippen LogP contribution in [0.3, 0.4) is 0 Å². The lowest BCUT2D eigenvalue weighted by molar-refractivity contribution is 0.0980. The molecule has 0 spiro atoms. The molecule has 0 saturated carbocycles. The Hall–Kier alpha value is -0.930. The van der Waals surface area contributed by atoms with E-state index in [9.17, 15) is 9.50 Å². The lowest BCUT2D eigenvalue weighted by Gasteiger charge is -2.34. The van der Waals surface area contributed by atoms with Gasteiger partial charge in [-0.05, 0) is 26.1 Å². The van der Waals surface area contributed by atoms with Crippen LogP contribution in [0.1, 0.15) is 25.5 Å². The van der Waals surface area contributed by atoms with Gasteiger partial charge in [-0.1, -0.05) is 32.0 Å². The van der Waals surface area contributed by atoms with E-state index >= 15 is 0 Å². The zero-order valence-corrected chi connectivity index (χ0v) is 11.0. The van der Waals surface area contributed by atoms with Crippen molar-refractivity contribution in [3.05, 3.63) is 35.6 Å². The first-order valence-corrected chi connectivity index (χ1v) is 6.00. The summed E-state index contributed by atoms with van der Waals surface area (Å²) >= 11 is 0. The molecule has 96 valence electrons. The highest BCUT2D eigenvalue weighted by atomic mass is 19.1. The first-order valence-electron chi connectivity index (χ1n) is 6.00. The van der Waals surface area contributed by atoms with Gasteiger partial charge in [-0.3, -0.25) is 0 Å². The van der Waals surface area contributed by atoms with Gasteiger partial charge in [-0.2, -0.15) is 0 Å². The number of aliphatic hydroxyl groups is 1. The van der Waals surface area contributed by atoms with E-state index < -0.39 is 0 Å². The molecule has 1 aromatic carbocycles. The molecule has 0 fully saturated rings. The molecule has 3 heteroatoms. The fraction of sp³-hybridized carbons (Fsp3) is 0.571. The molecule has 1 rings (SSSR count). The summed E-state index contributed by atoms with van der Waals surface area (Å²) < 4.78 is 13.9. The van der Waals surface area contributed by atoms with E-state index in [2.05, 4.69) is 13.8 Å². The zero-order chi connectivity index (χ0) is 13.0. The third-order valence-electron chi connectivity index (χ3n) is 3.25. The Morgan fingerprint density at radius 1 is 1.24 bits per heavy atom. The highest BCUT2D eigenvalue weighted by Gasteiger charge is 2.28. The molecule has 2 atom stereocenters. The maximum atomic E-state index is 13.9. The Bertz CT molecular complexity index is 352. The minimum Gasteiger partial charge on any atom is -0.396 e. The molecule has 0 amide bonds. The predicted octanol–water partition coefficient (Wildman–Crippen LogP) is 2.69. The van der Waals surface area contributed by atoms with Crippen molar-refractivity contribution in [1.82, 2.24) is 4.90 Å². The Morgan fingerprint density at radius 3 is 2.24 bits per heavy atom. The van der Waals surface area contributed by atoms with E-state index in [1.54, 1.807) is 12.1 Å². The van der Waals surface area contributed by atoms with E-state index in [-0.39, 0.29) is 24.4 Å². The highest BCUT2D eigenvalue weighted by Crippen LogP contribution is 2.32. The van der Waals surface area contributed by atoms with E-state index in [0.717, 1.165) is 0 Å². The standard InChI is InChI=1S/C14H22FNO/c1-10(2)12(9-17)14(16(3)4)11-7-5-6-8-13(11)15/h5-8,10,12,14,17H,9H2,1-4H3. The molecule has 0 bridgehead atoms. The molecule has 1 N–H and O–H groups in total. The summed E-state index contributed by atoms with van der Waals surface area (Å²) in [6.07, 6.45) is 0. The van der Waals surface area contributed by atoms with Gasteiger partial charge >= 0.3 is 0 Å². The van der Waals surface area contributed by atoms with Crippen LogP contribution < -0.4 is 0 Å². The van der Waals surface area contributed by atoms with Crippen molar-refractivity contribution in [2.45, 2.75) is 19.9 Å². The van der Waals surface area contributed by atoms with Crippen molar-refractivity contribution in [1.29, 1.82) is 0 Å². The normalized spacial score (nSPS) is 15.3. The number of rotatable bonds is 5. The van der Waals surface area contributed by atoms with Crippen LogP contribution in [0.5, 0.6) is 0 Å². The van der Waals surface area contributed by atoms with Crippen molar-refractivity contribution in [2.24, 2.45) is 11.8 Å². The van der Waals surface area contributed by atoms with Crippen LogP contribution in [-0.4, -0.2) is 30.7 Å². The van der Waals surface area contributed by atoms with Crippen molar-refractivity contribution in [2.75, 3.05) is 20.7 Å². The number of hydrogen-bond acceptors (Lipinski definition) is 2. The Kier molecular flexibility index (Phi) is 5.09. The summed E-state index contributed by atoms with van der Waals surface area (Å²) in [4.78, 5) is 1.97. The minimum atomic E-state index is -0.203. The van der Waals surface area contributed by atoms with E-state index in [4.69, 9.17) is 0 Å². The summed E-state index contributed by atoms with van der Waals surface area (Å²) in [5, 5.41) is 9.52. The second-order valence-electron chi connectivity index (χ2n) is 5.02. The van der Waals surface area contributed by atoms with Crippen LogP contribution in [0.25, 0.3) is 0 Å². The van der Waals surface area contributed by atoms with Crippen molar-refractivity contribution < 1.29 is 9.50 Å². The smallest absolute Gasteiger partial charge is 0.127 e. The molecule has 1 aromatic rings. The largest absolute Gasteiger partial charge is 0.396 e. The molecular formula is C14H22FNO. The lowest BCUT2D eigenvalue weighted by Crippen LogP contribution is -2.33. The molecule has 17 heavy (non-hydrogen) atoms. The van der Waals surface area contributed by atoms with Gasteiger partial charge in [0.15, 0.2) is 0 Å². The van der Waals surface area contributed by atoms with Gasteiger partial charge in [0.05, 0.1) is 0 Å².